The molecule has 0 spiro atoms. The van der Waals surface area contributed by atoms with Gasteiger partial charge < -0.3 is 4.74 Å². The molecule has 1 unspecified atom stereocenters. The summed E-state index contributed by atoms with van der Waals surface area (Å²) in [5.41, 5.74) is 4.28. The van der Waals surface area contributed by atoms with E-state index in [0.717, 1.165) is 27.4 Å². The molecule has 0 aliphatic heterocycles. The van der Waals surface area contributed by atoms with Crippen molar-refractivity contribution in [3.05, 3.63) is 187 Å². The molecule has 5 nitrogen and oxygen atoms in total. The molecule has 0 aliphatic carbocycles. The molecule has 0 saturated carbocycles. The third-order valence-electron chi connectivity index (χ3n) is 10.9. The van der Waals surface area contributed by atoms with Crippen molar-refractivity contribution in [1.29, 1.82) is 0 Å². The van der Waals surface area contributed by atoms with E-state index >= 15 is 0 Å². The number of hydrogen-bond donors (Lipinski definition) is 0. The predicted octanol–water partition coefficient (Wildman–Crippen LogP) is 13.6. The van der Waals surface area contributed by atoms with Crippen molar-refractivity contribution in [3.8, 4) is 50.9 Å². The molecule has 5 heteroatoms. The highest BCUT2D eigenvalue weighted by Gasteiger charge is 2.24. The van der Waals surface area contributed by atoms with Crippen LogP contribution in [-0.2, 0) is 5.41 Å². The van der Waals surface area contributed by atoms with Gasteiger partial charge in [-0.05, 0) is 105 Å². The Morgan fingerprint density at radius 3 is 2.07 bits per heavy atom. The van der Waals surface area contributed by atoms with Gasteiger partial charge in [0, 0.05) is 36.8 Å². The predicted molar refractivity (Wildman–Crippen MR) is 242 cm³/mol. The van der Waals surface area contributed by atoms with E-state index in [9.17, 15) is 1.37 Å². The summed E-state index contributed by atoms with van der Waals surface area (Å²) in [7, 11) is 0. The number of fused-ring (bicyclic) bond motifs is 3. The highest BCUT2D eigenvalue weighted by molar-refractivity contribution is 6.09. The second kappa shape index (κ2) is 14.9. The second-order valence-corrected chi connectivity index (χ2v) is 16.7. The smallest absolute Gasteiger partial charge is 0.268 e. The Bertz CT molecular complexity index is 3460. The van der Waals surface area contributed by atoms with Crippen LogP contribution in [0.3, 0.4) is 0 Å². The fraction of sp³-hybridized carbons (Fsp3) is 0.185. The van der Waals surface area contributed by atoms with Gasteiger partial charge in [0.15, 0.2) is 0 Å². The first-order chi connectivity index (χ1) is 32.9. The van der Waals surface area contributed by atoms with Gasteiger partial charge in [-0.3, -0.25) is 13.7 Å². The van der Waals surface area contributed by atoms with E-state index < -0.39 is 66.3 Å². The molecule has 0 aliphatic rings. The number of imidazole rings is 1. The highest BCUT2D eigenvalue weighted by atomic mass is 16.5. The molecule has 0 radical (unpaired) electrons. The number of nitrogens with zero attached hydrogens (tertiary/aromatic N) is 4. The van der Waals surface area contributed by atoms with Gasteiger partial charge in [-0.2, -0.15) is 0 Å². The third kappa shape index (κ3) is 7.34. The summed E-state index contributed by atoms with van der Waals surface area (Å²) in [4.78, 5) is 4.86. The number of benzene rings is 6. The van der Waals surface area contributed by atoms with Gasteiger partial charge in [-0.25, -0.2) is 4.98 Å². The molecule has 1 atom stereocenters. The number of aromatic nitrogens is 4. The average Bonchev–Trinajstić information content (AvgIpc) is 3.94. The van der Waals surface area contributed by atoms with Gasteiger partial charge in [0.25, 0.3) is 6.33 Å². The van der Waals surface area contributed by atoms with Crippen LogP contribution in [0.4, 0.5) is 0 Å². The summed E-state index contributed by atoms with van der Waals surface area (Å²) in [5.74, 6) is 0.835. The molecule has 0 saturated heterocycles. The Labute approximate surface area is 363 Å². The van der Waals surface area contributed by atoms with E-state index in [1.165, 1.54) is 10.1 Å². The van der Waals surface area contributed by atoms with Crippen LogP contribution in [-0.4, -0.2) is 14.1 Å². The topological polar surface area (TPSA) is 35.9 Å². The van der Waals surface area contributed by atoms with Gasteiger partial charge in [-0.1, -0.05) is 139 Å². The minimum absolute atomic E-state index is 0.0919. The van der Waals surface area contributed by atoms with Gasteiger partial charge in [0.05, 0.1) is 36.1 Å². The fourth-order valence-corrected chi connectivity index (χ4v) is 7.38. The molecular formula is C54H50N4O. The Kier molecular flexibility index (Phi) is 6.83. The van der Waals surface area contributed by atoms with Crippen LogP contribution in [0.5, 0.6) is 11.5 Å². The largest absolute Gasteiger partial charge is 0.458 e. The number of pyridine rings is 1. The van der Waals surface area contributed by atoms with Crippen molar-refractivity contribution in [2.45, 2.75) is 59.8 Å². The summed E-state index contributed by atoms with van der Waals surface area (Å²) in [6.07, 6.45) is 8.36. The minimum Gasteiger partial charge on any atom is -0.458 e. The van der Waals surface area contributed by atoms with Gasteiger partial charge in [0.2, 0.25) is 0 Å². The van der Waals surface area contributed by atoms with Gasteiger partial charge in [-0.15, -0.1) is 0 Å². The highest BCUT2D eigenvalue weighted by Crippen LogP contribution is 2.40. The van der Waals surface area contributed by atoms with Gasteiger partial charge in [0.1, 0.15) is 17.3 Å². The molecule has 9 rings (SSSR count). The van der Waals surface area contributed by atoms with Crippen LogP contribution in [0.15, 0.2) is 170 Å². The molecule has 0 amide bonds. The Balaban J connectivity index is 1.16. The van der Waals surface area contributed by atoms with Gasteiger partial charge >= 0.3 is 0 Å². The fourth-order valence-electron chi connectivity index (χ4n) is 7.38. The lowest BCUT2D eigenvalue weighted by Gasteiger charge is -2.27. The number of ether oxygens (including phenoxy) is 1. The zero-order valence-electron chi connectivity index (χ0n) is 45.1. The lowest BCUT2D eigenvalue weighted by Crippen LogP contribution is -2.30. The van der Waals surface area contributed by atoms with Crippen LogP contribution < -0.4 is 9.30 Å². The summed E-state index contributed by atoms with van der Waals surface area (Å²) in [5, 5.41) is 2.07. The standard InChI is InChI=1S/C54H50N4O/c1-37(53(2,3)4)40-28-29-55-51(32-40)58-49-27-24-41(54(5,6)7)33-48(49)47-26-25-44(35-50(47)58)59-43-21-14-20-42(34-43)56-30-31-57(36-56)52-45(38-16-10-8-11-17-38)22-15-23-46(52)39-18-12-9-13-19-39/h8-35,37H,1-7H3/i8D,9D,10D,11D,12D,13D,16D,17D,18D,19D,37D. The molecule has 9 aromatic rings. The Morgan fingerprint density at radius 1 is 0.712 bits per heavy atom. The van der Waals surface area contributed by atoms with Crippen LogP contribution in [0, 0.1) is 11.7 Å². The number of hydrogen-bond acceptors (Lipinski definition) is 2. The van der Waals surface area contributed by atoms with Crippen LogP contribution in [0.25, 0.3) is 61.3 Å². The molecule has 0 fully saturated rings. The molecule has 0 bridgehead atoms. The van der Waals surface area contributed by atoms with E-state index in [1.807, 2.05) is 55.5 Å². The Hall–Kier alpha value is -6.72. The molecular weight excluding hydrogens is 721 g/mol. The molecule has 3 heterocycles. The molecule has 292 valence electrons. The first-order valence-corrected chi connectivity index (χ1v) is 19.5. The van der Waals surface area contributed by atoms with Crippen LogP contribution >= 0.6 is 0 Å². The second-order valence-electron chi connectivity index (χ2n) is 16.7. The molecule has 6 aromatic carbocycles. The maximum atomic E-state index is 9.38. The summed E-state index contributed by atoms with van der Waals surface area (Å²) < 4.78 is 107. The average molecular weight is 782 g/mol. The first kappa shape index (κ1) is 27.1. The summed E-state index contributed by atoms with van der Waals surface area (Å²) in [6, 6.07) is 23.2. The quantitative estimate of drug-likeness (QED) is 0.114. The zero-order chi connectivity index (χ0) is 50.5. The van der Waals surface area contributed by atoms with Crippen molar-refractivity contribution < 1.29 is 24.4 Å². The normalized spacial score (nSPS) is 15.7. The van der Waals surface area contributed by atoms with E-state index in [0.29, 0.717) is 23.0 Å². The van der Waals surface area contributed by atoms with Crippen molar-refractivity contribution in [1.82, 2.24) is 14.1 Å². The lowest BCUT2D eigenvalue weighted by molar-refractivity contribution is -0.598. The van der Waals surface area contributed by atoms with E-state index in [2.05, 4.69) is 76.7 Å². The lowest BCUT2D eigenvalue weighted by atomic mass is 9.78. The SMILES string of the molecule is [2H]c1c([2H])c([2H])c(-c2cccc(-c3c([2H])c([2H])c([2H])c([2H])c3[2H])c2-[n+]2[c-]n(-c3cccc(Oc4ccc5c6cc(C(C)(C)C)ccc6n(-c6cc(C([2H])(C)C(C)(C)C)ccn6)c5c4)c3)cc2)c([2H])c1[2H]. The maximum absolute atomic E-state index is 9.38. The van der Waals surface area contributed by atoms with Crippen molar-refractivity contribution in [2.75, 3.05) is 0 Å². The van der Waals surface area contributed by atoms with Crippen LogP contribution in [0.2, 0.25) is 0 Å². The van der Waals surface area contributed by atoms with Crippen molar-refractivity contribution in [2.24, 2.45) is 5.41 Å². The monoisotopic (exact) mass is 781 g/mol. The van der Waals surface area contributed by atoms with Crippen molar-refractivity contribution >= 4 is 21.8 Å². The van der Waals surface area contributed by atoms with E-state index in [-0.39, 0.29) is 38.8 Å². The first-order valence-electron chi connectivity index (χ1n) is 25.0. The molecule has 0 N–H and O–H groups in total. The zero-order valence-corrected chi connectivity index (χ0v) is 34.1. The maximum Gasteiger partial charge on any atom is 0.268 e. The van der Waals surface area contributed by atoms with Crippen molar-refractivity contribution in [3.63, 3.8) is 0 Å². The number of rotatable bonds is 8. The molecule has 59 heavy (non-hydrogen) atoms. The Morgan fingerprint density at radius 2 is 1.39 bits per heavy atom. The minimum atomic E-state index is -0.904. The molecule has 3 aromatic heterocycles. The van der Waals surface area contributed by atoms with E-state index in [4.69, 9.17) is 23.4 Å². The van der Waals surface area contributed by atoms with Crippen LogP contribution in [0.1, 0.15) is 80.6 Å². The van der Waals surface area contributed by atoms with E-state index in [1.54, 1.807) is 41.4 Å². The summed E-state index contributed by atoms with van der Waals surface area (Å²) >= 11 is 0. The number of para-hydroxylation sites is 1. The third-order valence-corrected chi connectivity index (χ3v) is 10.9. The summed E-state index contributed by atoms with van der Waals surface area (Å²) in [6.45, 7) is 14.7.